The molecule has 1 N–H and O–H groups in total. The van der Waals surface area contributed by atoms with Gasteiger partial charge in [-0.2, -0.15) is 0 Å². The standard InChI is InChI=1S/C7H7BrO3/c1-4-6(7(9)10)2-5(3-8)11-4/h2H,3H2,1H3,(H,9,10). The van der Waals surface area contributed by atoms with E-state index < -0.39 is 5.97 Å². The van der Waals surface area contributed by atoms with Crippen LogP contribution in [0.3, 0.4) is 0 Å². The van der Waals surface area contributed by atoms with Crippen molar-refractivity contribution in [2.75, 3.05) is 0 Å². The van der Waals surface area contributed by atoms with Gasteiger partial charge < -0.3 is 9.52 Å². The third kappa shape index (κ3) is 1.63. The van der Waals surface area contributed by atoms with Crippen LogP contribution in [0.25, 0.3) is 0 Å². The fourth-order valence-electron chi connectivity index (χ4n) is 0.822. The van der Waals surface area contributed by atoms with Crippen molar-refractivity contribution in [1.29, 1.82) is 0 Å². The van der Waals surface area contributed by atoms with Crippen molar-refractivity contribution in [2.45, 2.75) is 12.3 Å². The number of furan rings is 1. The molecule has 60 valence electrons. The molecular weight excluding hydrogens is 212 g/mol. The summed E-state index contributed by atoms with van der Waals surface area (Å²) in [6.07, 6.45) is 0. The monoisotopic (exact) mass is 218 g/mol. The maximum atomic E-state index is 10.5. The minimum Gasteiger partial charge on any atom is -0.478 e. The summed E-state index contributed by atoms with van der Waals surface area (Å²) >= 11 is 3.17. The van der Waals surface area contributed by atoms with Crippen LogP contribution in [0.15, 0.2) is 10.5 Å². The van der Waals surface area contributed by atoms with Gasteiger partial charge in [0.25, 0.3) is 0 Å². The molecule has 1 aromatic heterocycles. The molecule has 0 aliphatic rings. The van der Waals surface area contributed by atoms with Crippen LogP contribution in [0, 0.1) is 6.92 Å². The number of hydrogen-bond acceptors (Lipinski definition) is 2. The lowest BCUT2D eigenvalue weighted by Gasteiger charge is -1.85. The molecule has 3 nitrogen and oxygen atoms in total. The number of carbonyl (C=O) groups is 1. The molecule has 0 radical (unpaired) electrons. The number of halogens is 1. The van der Waals surface area contributed by atoms with Crippen LogP contribution >= 0.6 is 15.9 Å². The highest BCUT2D eigenvalue weighted by Gasteiger charge is 2.12. The first kappa shape index (κ1) is 8.33. The molecule has 11 heavy (non-hydrogen) atoms. The van der Waals surface area contributed by atoms with E-state index in [1.54, 1.807) is 6.92 Å². The molecule has 0 aliphatic heterocycles. The Morgan fingerprint density at radius 1 is 1.82 bits per heavy atom. The van der Waals surface area contributed by atoms with Crippen LogP contribution in [0.2, 0.25) is 0 Å². The van der Waals surface area contributed by atoms with Gasteiger partial charge in [-0.15, -0.1) is 0 Å². The second-order valence-electron chi connectivity index (χ2n) is 2.12. The molecule has 1 heterocycles. The third-order valence-corrected chi connectivity index (χ3v) is 1.88. The molecule has 0 aliphatic carbocycles. The normalized spacial score (nSPS) is 10.0. The molecule has 0 fully saturated rings. The lowest BCUT2D eigenvalue weighted by Crippen LogP contribution is -1.94. The first-order valence-electron chi connectivity index (χ1n) is 3.03. The minimum absolute atomic E-state index is 0.236. The van der Waals surface area contributed by atoms with Gasteiger partial charge in [0.2, 0.25) is 0 Å². The van der Waals surface area contributed by atoms with E-state index in [4.69, 9.17) is 9.52 Å². The Kier molecular flexibility index (Phi) is 2.34. The molecule has 0 amide bonds. The average Bonchev–Trinajstić information content (AvgIpc) is 2.30. The summed E-state index contributed by atoms with van der Waals surface area (Å²) in [6.45, 7) is 1.63. The van der Waals surface area contributed by atoms with Crippen LogP contribution < -0.4 is 0 Å². The number of alkyl halides is 1. The highest BCUT2D eigenvalue weighted by molar-refractivity contribution is 9.08. The van der Waals surface area contributed by atoms with Crippen LogP contribution in [0.1, 0.15) is 21.9 Å². The number of aryl methyl sites for hydroxylation is 1. The fourth-order valence-corrected chi connectivity index (χ4v) is 1.10. The van der Waals surface area contributed by atoms with Gasteiger partial charge in [0.1, 0.15) is 17.1 Å². The smallest absolute Gasteiger partial charge is 0.339 e. The Bertz CT molecular complexity index is 277. The van der Waals surface area contributed by atoms with Crippen molar-refractivity contribution in [2.24, 2.45) is 0 Å². The fraction of sp³-hybridized carbons (Fsp3) is 0.286. The molecule has 0 aromatic carbocycles. The lowest BCUT2D eigenvalue weighted by atomic mass is 10.2. The van der Waals surface area contributed by atoms with Crippen molar-refractivity contribution < 1.29 is 14.3 Å². The third-order valence-electron chi connectivity index (χ3n) is 1.33. The zero-order chi connectivity index (χ0) is 8.43. The molecule has 0 unspecified atom stereocenters. The van der Waals surface area contributed by atoms with E-state index in [1.165, 1.54) is 6.07 Å². The lowest BCUT2D eigenvalue weighted by molar-refractivity contribution is 0.0695. The van der Waals surface area contributed by atoms with Gasteiger partial charge in [-0.3, -0.25) is 0 Å². The van der Waals surface area contributed by atoms with Gasteiger partial charge in [-0.05, 0) is 13.0 Å². The predicted octanol–water partition coefficient (Wildman–Crippen LogP) is 2.18. The molecule has 0 spiro atoms. The Hall–Kier alpha value is -0.770. The van der Waals surface area contributed by atoms with Crippen molar-refractivity contribution in [3.8, 4) is 0 Å². The van der Waals surface area contributed by atoms with E-state index in [2.05, 4.69) is 15.9 Å². The van der Waals surface area contributed by atoms with Gasteiger partial charge >= 0.3 is 5.97 Å². The minimum atomic E-state index is -0.946. The second-order valence-corrected chi connectivity index (χ2v) is 2.68. The van der Waals surface area contributed by atoms with Crippen molar-refractivity contribution >= 4 is 21.9 Å². The van der Waals surface area contributed by atoms with Crippen molar-refractivity contribution in [3.63, 3.8) is 0 Å². The zero-order valence-corrected chi connectivity index (χ0v) is 7.51. The second kappa shape index (κ2) is 3.09. The molecule has 0 bridgehead atoms. The Balaban J connectivity index is 3.07. The molecule has 0 saturated heterocycles. The summed E-state index contributed by atoms with van der Waals surface area (Å²) in [5.74, 6) is 0.144. The highest BCUT2D eigenvalue weighted by Crippen LogP contribution is 2.16. The van der Waals surface area contributed by atoms with Crippen LogP contribution in [0.5, 0.6) is 0 Å². The topological polar surface area (TPSA) is 50.4 Å². The average molecular weight is 219 g/mol. The maximum absolute atomic E-state index is 10.5. The van der Waals surface area contributed by atoms with Crippen molar-refractivity contribution in [1.82, 2.24) is 0 Å². The summed E-state index contributed by atoms with van der Waals surface area (Å²) < 4.78 is 5.10. The Morgan fingerprint density at radius 3 is 2.73 bits per heavy atom. The van der Waals surface area contributed by atoms with Gasteiger partial charge in [-0.1, -0.05) is 15.9 Å². The maximum Gasteiger partial charge on any atom is 0.339 e. The predicted molar refractivity (Wildman–Crippen MR) is 43.0 cm³/mol. The summed E-state index contributed by atoms with van der Waals surface area (Å²) in [7, 11) is 0. The van der Waals surface area contributed by atoms with E-state index in [0.717, 1.165) is 0 Å². The summed E-state index contributed by atoms with van der Waals surface area (Å²) in [5, 5.41) is 9.14. The summed E-state index contributed by atoms with van der Waals surface area (Å²) in [6, 6.07) is 1.52. The van der Waals surface area contributed by atoms with E-state index in [1.807, 2.05) is 0 Å². The van der Waals surface area contributed by atoms with Gasteiger partial charge in [0.05, 0.1) is 5.33 Å². The van der Waals surface area contributed by atoms with Crippen molar-refractivity contribution in [3.05, 3.63) is 23.2 Å². The van der Waals surface area contributed by atoms with E-state index in [0.29, 0.717) is 16.9 Å². The SMILES string of the molecule is Cc1oc(CBr)cc1C(=O)O. The van der Waals surface area contributed by atoms with Crippen LogP contribution in [-0.2, 0) is 5.33 Å². The highest BCUT2D eigenvalue weighted by atomic mass is 79.9. The van der Waals surface area contributed by atoms with Crippen LogP contribution in [0.4, 0.5) is 0 Å². The number of aromatic carboxylic acids is 1. The first-order valence-corrected chi connectivity index (χ1v) is 4.16. The molecule has 1 rings (SSSR count). The molecule has 4 heteroatoms. The number of carboxylic acids is 1. The number of rotatable bonds is 2. The summed E-state index contributed by atoms with van der Waals surface area (Å²) in [5.41, 5.74) is 0.236. The van der Waals surface area contributed by atoms with E-state index in [9.17, 15) is 4.79 Å². The number of carboxylic acid groups (broad SMARTS) is 1. The molecule has 0 atom stereocenters. The molecule has 1 aromatic rings. The first-order chi connectivity index (χ1) is 5.15. The Morgan fingerprint density at radius 2 is 2.45 bits per heavy atom. The van der Waals surface area contributed by atoms with E-state index >= 15 is 0 Å². The van der Waals surface area contributed by atoms with Gasteiger partial charge in [-0.25, -0.2) is 4.79 Å². The molecular formula is C7H7BrO3. The Labute approximate surface area is 72.1 Å². The largest absolute Gasteiger partial charge is 0.478 e. The summed E-state index contributed by atoms with van der Waals surface area (Å²) in [4.78, 5) is 10.5. The van der Waals surface area contributed by atoms with Gasteiger partial charge in [0.15, 0.2) is 0 Å². The number of hydrogen-bond donors (Lipinski definition) is 1. The zero-order valence-electron chi connectivity index (χ0n) is 5.93. The van der Waals surface area contributed by atoms with Crippen LogP contribution in [-0.4, -0.2) is 11.1 Å². The van der Waals surface area contributed by atoms with E-state index in [-0.39, 0.29) is 5.56 Å². The quantitative estimate of drug-likeness (QED) is 0.775. The molecule has 0 saturated carbocycles. The van der Waals surface area contributed by atoms with Gasteiger partial charge in [0, 0.05) is 0 Å².